The standard InChI is InChI=1S/C10H14N4O/c1-4-7(3)15-9-6-8(12-5-2)13-10(11)14-9/h1,6-7H,5H2,2-3H3,(H3,11,12,13,14). The number of nitrogen functional groups attached to an aromatic ring is 1. The van der Waals surface area contributed by atoms with Crippen LogP contribution in [0.25, 0.3) is 0 Å². The van der Waals surface area contributed by atoms with Gasteiger partial charge in [-0.25, -0.2) is 0 Å². The predicted octanol–water partition coefficient (Wildman–Crippen LogP) is 0.891. The van der Waals surface area contributed by atoms with Crippen molar-refractivity contribution in [3.8, 4) is 18.2 Å². The maximum absolute atomic E-state index is 5.51. The summed E-state index contributed by atoms with van der Waals surface area (Å²) in [6.45, 7) is 4.47. The van der Waals surface area contributed by atoms with E-state index in [0.29, 0.717) is 11.7 Å². The second kappa shape index (κ2) is 5.05. The highest BCUT2D eigenvalue weighted by molar-refractivity contribution is 5.42. The van der Waals surface area contributed by atoms with Gasteiger partial charge < -0.3 is 15.8 Å². The van der Waals surface area contributed by atoms with Gasteiger partial charge in [0.2, 0.25) is 11.8 Å². The molecule has 0 radical (unpaired) electrons. The lowest BCUT2D eigenvalue weighted by Gasteiger charge is -2.09. The molecule has 0 aromatic carbocycles. The number of anilines is 2. The van der Waals surface area contributed by atoms with Crippen molar-refractivity contribution in [1.82, 2.24) is 9.97 Å². The highest BCUT2D eigenvalue weighted by atomic mass is 16.5. The molecule has 1 unspecified atom stereocenters. The van der Waals surface area contributed by atoms with Gasteiger partial charge in [-0.1, -0.05) is 5.92 Å². The summed E-state index contributed by atoms with van der Waals surface area (Å²) < 4.78 is 5.32. The summed E-state index contributed by atoms with van der Waals surface area (Å²) in [4.78, 5) is 7.89. The van der Waals surface area contributed by atoms with Crippen LogP contribution in [-0.2, 0) is 0 Å². The minimum atomic E-state index is -0.339. The van der Waals surface area contributed by atoms with Crippen molar-refractivity contribution in [2.45, 2.75) is 20.0 Å². The van der Waals surface area contributed by atoms with E-state index in [1.807, 2.05) is 6.92 Å². The first-order valence-electron chi connectivity index (χ1n) is 4.67. The molecule has 0 amide bonds. The van der Waals surface area contributed by atoms with Gasteiger partial charge in [0.15, 0.2) is 6.10 Å². The second-order valence-corrected chi connectivity index (χ2v) is 2.91. The predicted molar refractivity (Wildman–Crippen MR) is 59.5 cm³/mol. The quantitative estimate of drug-likeness (QED) is 0.716. The summed E-state index contributed by atoms with van der Waals surface area (Å²) >= 11 is 0. The van der Waals surface area contributed by atoms with Gasteiger partial charge in [-0.3, -0.25) is 0 Å². The molecule has 0 aliphatic heterocycles. The number of hydrogen-bond acceptors (Lipinski definition) is 5. The lowest BCUT2D eigenvalue weighted by Crippen LogP contribution is -2.11. The number of nitrogens with two attached hydrogens (primary N) is 1. The van der Waals surface area contributed by atoms with Crippen LogP contribution in [0.1, 0.15) is 13.8 Å². The van der Waals surface area contributed by atoms with Gasteiger partial charge in [0, 0.05) is 12.6 Å². The van der Waals surface area contributed by atoms with Gasteiger partial charge in [0.25, 0.3) is 0 Å². The molecule has 1 aromatic rings. The van der Waals surface area contributed by atoms with E-state index in [1.54, 1.807) is 13.0 Å². The van der Waals surface area contributed by atoms with Crippen molar-refractivity contribution >= 4 is 11.8 Å². The average Bonchev–Trinajstić information content (AvgIpc) is 2.17. The fourth-order valence-corrected chi connectivity index (χ4v) is 0.990. The minimum absolute atomic E-state index is 0.160. The molecule has 1 heterocycles. The molecule has 80 valence electrons. The number of ether oxygens (including phenoxy) is 1. The van der Waals surface area contributed by atoms with Gasteiger partial charge in [-0.15, -0.1) is 6.42 Å². The van der Waals surface area contributed by atoms with E-state index >= 15 is 0 Å². The Morgan fingerprint density at radius 2 is 2.40 bits per heavy atom. The van der Waals surface area contributed by atoms with Crippen molar-refractivity contribution < 1.29 is 4.74 Å². The molecule has 1 rings (SSSR count). The second-order valence-electron chi connectivity index (χ2n) is 2.91. The summed E-state index contributed by atoms with van der Waals surface area (Å²) in [7, 11) is 0. The molecule has 3 N–H and O–H groups in total. The number of nitrogens with zero attached hydrogens (tertiary/aromatic N) is 2. The number of nitrogens with one attached hydrogen (secondary N) is 1. The molecule has 5 heteroatoms. The van der Waals surface area contributed by atoms with E-state index in [9.17, 15) is 0 Å². The maximum atomic E-state index is 5.51. The first kappa shape index (κ1) is 11.1. The Hall–Kier alpha value is -1.96. The summed E-state index contributed by atoms with van der Waals surface area (Å²) in [6.07, 6.45) is 4.85. The van der Waals surface area contributed by atoms with E-state index in [4.69, 9.17) is 16.9 Å². The first-order chi connectivity index (χ1) is 7.15. The lowest BCUT2D eigenvalue weighted by molar-refractivity contribution is 0.268. The summed E-state index contributed by atoms with van der Waals surface area (Å²) in [6, 6.07) is 1.66. The smallest absolute Gasteiger partial charge is 0.225 e. The van der Waals surface area contributed by atoms with Crippen molar-refractivity contribution in [2.75, 3.05) is 17.6 Å². The highest BCUT2D eigenvalue weighted by Gasteiger charge is 2.05. The van der Waals surface area contributed by atoms with E-state index in [1.165, 1.54) is 0 Å². The SMILES string of the molecule is C#CC(C)Oc1cc(NCC)nc(N)n1. The Labute approximate surface area is 89.1 Å². The number of aromatic nitrogens is 2. The maximum Gasteiger partial charge on any atom is 0.225 e. The molecule has 0 saturated carbocycles. The number of rotatable bonds is 4. The minimum Gasteiger partial charge on any atom is -0.461 e. The average molecular weight is 206 g/mol. The van der Waals surface area contributed by atoms with Crippen LogP contribution in [0.5, 0.6) is 5.88 Å². The third kappa shape index (κ3) is 3.35. The summed E-state index contributed by atoms with van der Waals surface area (Å²) in [5.41, 5.74) is 5.51. The van der Waals surface area contributed by atoms with Crippen molar-refractivity contribution in [3.05, 3.63) is 6.07 Å². The van der Waals surface area contributed by atoms with Gasteiger partial charge in [0.1, 0.15) is 5.82 Å². The molecule has 0 bridgehead atoms. The lowest BCUT2D eigenvalue weighted by atomic mass is 10.4. The molecule has 0 aliphatic rings. The zero-order valence-corrected chi connectivity index (χ0v) is 8.82. The molecule has 15 heavy (non-hydrogen) atoms. The van der Waals surface area contributed by atoms with E-state index < -0.39 is 0 Å². The third-order valence-electron chi connectivity index (χ3n) is 1.61. The molecule has 1 aromatic heterocycles. The Morgan fingerprint density at radius 3 is 3.00 bits per heavy atom. The zero-order valence-electron chi connectivity index (χ0n) is 8.82. The number of terminal acetylenes is 1. The Morgan fingerprint density at radius 1 is 1.67 bits per heavy atom. The monoisotopic (exact) mass is 206 g/mol. The van der Waals surface area contributed by atoms with Crippen LogP contribution < -0.4 is 15.8 Å². The van der Waals surface area contributed by atoms with Crippen LogP contribution >= 0.6 is 0 Å². The fourth-order valence-electron chi connectivity index (χ4n) is 0.990. The van der Waals surface area contributed by atoms with Crippen LogP contribution in [0.3, 0.4) is 0 Å². The summed E-state index contributed by atoms with van der Waals surface area (Å²) in [5.74, 6) is 3.61. The molecule has 0 aliphatic carbocycles. The van der Waals surface area contributed by atoms with E-state index in [-0.39, 0.29) is 12.1 Å². The summed E-state index contributed by atoms with van der Waals surface area (Å²) in [5, 5.41) is 3.02. The van der Waals surface area contributed by atoms with Crippen LogP contribution in [-0.4, -0.2) is 22.6 Å². The number of hydrogen-bond donors (Lipinski definition) is 2. The molecular formula is C10H14N4O. The van der Waals surface area contributed by atoms with Gasteiger partial charge in [0.05, 0.1) is 0 Å². The Kier molecular flexibility index (Phi) is 3.75. The van der Waals surface area contributed by atoms with Gasteiger partial charge in [-0.05, 0) is 13.8 Å². The normalized spacial score (nSPS) is 11.5. The van der Waals surface area contributed by atoms with Crippen LogP contribution in [0.2, 0.25) is 0 Å². The van der Waals surface area contributed by atoms with Gasteiger partial charge >= 0.3 is 0 Å². The van der Waals surface area contributed by atoms with Gasteiger partial charge in [-0.2, -0.15) is 9.97 Å². The largest absolute Gasteiger partial charge is 0.461 e. The highest BCUT2D eigenvalue weighted by Crippen LogP contribution is 2.15. The van der Waals surface area contributed by atoms with Crippen LogP contribution in [0.4, 0.5) is 11.8 Å². The molecule has 0 saturated heterocycles. The molecule has 1 atom stereocenters. The van der Waals surface area contributed by atoms with E-state index in [0.717, 1.165) is 6.54 Å². The molecular weight excluding hydrogens is 192 g/mol. The zero-order chi connectivity index (χ0) is 11.3. The van der Waals surface area contributed by atoms with E-state index in [2.05, 4.69) is 21.2 Å². The Bertz CT molecular complexity index is 372. The molecule has 0 fully saturated rings. The van der Waals surface area contributed by atoms with Crippen LogP contribution in [0.15, 0.2) is 6.07 Å². The fraction of sp³-hybridized carbons (Fsp3) is 0.400. The van der Waals surface area contributed by atoms with Crippen molar-refractivity contribution in [2.24, 2.45) is 0 Å². The molecule has 0 spiro atoms. The van der Waals surface area contributed by atoms with Crippen LogP contribution in [0, 0.1) is 12.3 Å². The topological polar surface area (TPSA) is 73.1 Å². The molecule has 5 nitrogen and oxygen atoms in total. The first-order valence-corrected chi connectivity index (χ1v) is 4.67. The Balaban J connectivity index is 2.84. The third-order valence-corrected chi connectivity index (χ3v) is 1.61. The van der Waals surface area contributed by atoms with Crippen molar-refractivity contribution in [3.63, 3.8) is 0 Å². The van der Waals surface area contributed by atoms with Crippen molar-refractivity contribution in [1.29, 1.82) is 0 Å².